The summed E-state index contributed by atoms with van der Waals surface area (Å²) in [5, 5.41) is 8.96. The smallest absolute Gasteiger partial charge is 0.304 e. The quantitative estimate of drug-likeness (QED) is 0.798. The van der Waals surface area contributed by atoms with E-state index in [-0.39, 0.29) is 6.42 Å². The first-order valence-corrected chi connectivity index (χ1v) is 8.24. The third kappa shape index (κ3) is 5.68. The van der Waals surface area contributed by atoms with E-state index in [9.17, 15) is 4.79 Å². The van der Waals surface area contributed by atoms with Crippen LogP contribution in [0.15, 0.2) is 24.3 Å². The summed E-state index contributed by atoms with van der Waals surface area (Å²) in [6.45, 7) is 2.45. The van der Waals surface area contributed by atoms with Crippen LogP contribution in [-0.4, -0.2) is 36.2 Å². The van der Waals surface area contributed by atoms with Crippen molar-refractivity contribution in [1.82, 2.24) is 4.90 Å². The summed E-state index contributed by atoms with van der Waals surface area (Å²) in [6.07, 6.45) is 6.77. The van der Waals surface area contributed by atoms with Crippen LogP contribution < -0.4 is 4.74 Å². The maximum Gasteiger partial charge on any atom is 0.304 e. The molecule has 22 heavy (non-hydrogen) atoms. The largest absolute Gasteiger partial charge is 0.497 e. The molecule has 1 fully saturated rings. The zero-order valence-corrected chi connectivity index (χ0v) is 13.5. The number of aliphatic carboxylic acids is 1. The zero-order valence-electron chi connectivity index (χ0n) is 13.5. The van der Waals surface area contributed by atoms with Gasteiger partial charge in [0, 0.05) is 19.6 Å². The van der Waals surface area contributed by atoms with Crippen LogP contribution in [-0.2, 0) is 11.3 Å². The second-order valence-electron chi connectivity index (χ2n) is 6.23. The van der Waals surface area contributed by atoms with Crippen molar-refractivity contribution < 1.29 is 14.6 Å². The number of carbonyl (C=O) groups is 1. The molecule has 122 valence electrons. The predicted molar refractivity (Wildman–Crippen MR) is 87.1 cm³/mol. The number of ether oxygens (including phenoxy) is 1. The molecule has 0 unspecified atom stereocenters. The van der Waals surface area contributed by atoms with Crippen LogP contribution >= 0.6 is 0 Å². The van der Waals surface area contributed by atoms with Gasteiger partial charge in [-0.25, -0.2) is 0 Å². The summed E-state index contributed by atoms with van der Waals surface area (Å²) in [4.78, 5) is 13.2. The van der Waals surface area contributed by atoms with Gasteiger partial charge in [-0.2, -0.15) is 0 Å². The lowest BCUT2D eigenvalue weighted by Gasteiger charge is -2.29. The van der Waals surface area contributed by atoms with E-state index in [1.807, 2.05) is 12.1 Å². The van der Waals surface area contributed by atoms with Crippen molar-refractivity contribution in [2.45, 2.75) is 45.1 Å². The number of benzene rings is 1. The van der Waals surface area contributed by atoms with Gasteiger partial charge in [0.1, 0.15) is 5.75 Å². The highest BCUT2D eigenvalue weighted by Crippen LogP contribution is 2.25. The van der Waals surface area contributed by atoms with Crippen molar-refractivity contribution in [1.29, 1.82) is 0 Å². The molecule has 1 aliphatic rings. The lowest BCUT2D eigenvalue weighted by Crippen LogP contribution is -2.32. The minimum absolute atomic E-state index is 0.211. The number of hydrogen-bond donors (Lipinski definition) is 1. The molecule has 0 amide bonds. The maximum atomic E-state index is 10.9. The molecule has 2 rings (SSSR count). The standard InChI is InChI=1S/C18H27NO3/c1-22-17-9-7-16(8-10-17)14-19(12-11-18(20)21)13-15-5-3-2-4-6-15/h7-10,15H,2-6,11-14H2,1H3,(H,20,21). The summed E-state index contributed by atoms with van der Waals surface area (Å²) in [5.41, 5.74) is 1.21. The molecule has 0 aromatic heterocycles. The van der Waals surface area contributed by atoms with Crippen molar-refractivity contribution in [3.63, 3.8) is 0 Å². The third-order valence-electron chi connectivity index (χ3n) is 4.45. The van der Waals surface area contributed by atoms with Crippen LogP contribution in [0.5, 0.6) is 5.75 Å². The molecule has 0 atom stereocenters. The highest BCUT2D eigenvalue weighted by Gasteiger charge is 2.18. The highest BCUT2D eigenvalue weighted by atomic mass is 16.5. The fourth-order valence-corrected chi connectivity index (χ4v) is 3.21. The first kappa shape index (κ1) is 16.8. The van der Waals surface area contributed by atoms with Crippen LogP contribution in [0.25, 0.3) is 0 Å². The molecule has 1 aromatic carbocycles. The number of rotatable bonds is 8. The molecule has 1 saturated carbocycles. The Bertz CT molecular complexity index is 452. The Labute approximate surface area is 133 Å². The second kappa shape index (κ2) is 8.79. The Balaban J connectivity index is 1.93. The Hall–Kier alpha value is -1.55. The number of nitrogens with zero attached hydrogens (tertiary/aromatic N) is 1. The van der Waals surface area contributed by atoms with E-state index in [2.05, 4.69) is 17.0 Å². The van der Waals surface area contributed by atoms with E-state index in [1.54, 1.807) is 7.11 Å². The minimum Gasteiger partial charge on any atom is -0.497 e. The topological polar surface area (TPSA) is 49.8 Å². The number of hydrogen-bond acceptors (Lipinski definition) is 3. The Kier molecular flexibility index (Phi) is 6.72. The van der Waals surface area contributed by atoms with Crippen LogP contribution in [0, 0.1) is 5.92 Å². The van der Waals surface area contributed by atoms with Gasteiger partial charge in [-0.05, 0) is 36.5 Å². The van der Waals surface area contributed by atoms with E-state index in [0.717, 1.165) is 24.8 Å². The van der Waals surface area contributed by atoms with Crippen molar-refractivity contribution in [2.75, 3.05) is 20.2 Å². The maximum absolute atomic E-state index is 10.9. The summed E-state index contributed by atoms with van der Waals surface area (Å²) >= 11 is 0. The van der Waals surface area contributed by atoms with Crippen molar-refractivity contribution in [2.24, 2.45) is 5.92 Å². The first-order chi connectivity index (χ1) is 10.7. The average Bonchev–Trinajstić information content (AvgIpc) is 2.54. The molecule has 0 aliphatic heterocycles. The molecule has 4 heteroatoms. The van der Waals surface area contributed by atoms with Gasteiger partial charge in [0.2, 0.25) is 0 Å². The van der Waals surface area contributed by atoms with Gasteiger partial charge in [-0.3, -0.25) is 9.69 Å². The summed E-state index contributed by atoms with van der Waals surface area (Å²) in [5.74, 6) is 0.859. The number of methoxy groups -OCH3 is 1. The molecule has 0 spiro atoms. The summed E-state index contributed by atoms with van der Waals surface area (Å²) in [7, 11) is 1.66. The van der Waals surface area contributed by atoms with Gasteiger partial charge in [-0.15, -0.1) is 0 Å². The summed E-state index contributed by atoms with van der Waals surface area (Å²) in [6, 6.07) is 8.05. The van der Waals surface area contributed by atoms with Crippen molar-refractivity contribution in [3.8, 4) is 5.75 Å². The third-order valence-corrected chi connectivity index (χ3v) is 4.45. The highest BCUT2D eigenvalue weighted by molar-refractivity contribution is 5.66. The second-order valence-corrected chi connectivity index (χ2v) is 6.23. The molecule has 0 radical (unpaired) electrons. The first-order valence-electron chi connectivity index (χ1n) is 8.24. The van der Waals surface area contributed by atoms with Gasteiger partial charge < -0.3 is 9.84 Å². The number of carboxylic acid groups (broad SMARTS) is 1. The Morgan fingerprint density at radius 3 is 2.50 bits per heavy atom. The average molecular weight is 305 g/mol. The van der Waals surface area contributed by atoms with Crippen LogP contribution in [0.2, 0.25) is 0 Å². The van der Waals surface area contributed by atoms with Crippen LogP contribution in [0.3, 0.4) is 0 Å². The van der Waals surface area contributed by atoms with Crippen molar-refractivity contribution >= 4 is 5.97 Å². The molecule has 1 aromatic rings. The number of carboxylic acids is 1. The minimum atomic E-state index is -0.719. The Morgan fingerprint density at radius 2 is 1.91 bits per heavy atom. The van der Waals surface area contributed by atoms with Crippen molar-refractivity contribution in [3.05, 3.63) is 29.8 Å². The van der Waals surface area contributed by atoms with Gasteiger partial charge in [-0.1, -0.05) is 31.4 Å². The van der Waals surface area contributed by atoms with Gasteiger partial charge in [0.05, 0.1) is 13.5 Å². The monoisotopic (exact) mass is 305 g/mol. The summed E-state index contributed by atoms with van der Waals surface area (Å²) < 4.78 is 5.18. The van der Waals surface area contributed by atoms with E-state index < -0.39 is 5.97 Å². The molecule has 4 nitrogen and oxygen atoms in total. The normalized spacial score (nSPS) is 15.9. The Morgan fingerprint density at radius 1 is 1.23 bits per heavy atom. The molecule has 1 aliphatic carbocycles. The zero-order chi connectivity index (χ0) is 15.8. The van der Waals surface area contributed by atoms with Crippen LogP contribution in [0.1, 0.15) is 44.1 Å². The lowest BCUT2D eigenvalue weighted by atomic mass is 9.89. The van der Waals surface area contributed by atoms with E-state index in [1.165, 1.54) is 37.7 Å². The van der Waals surface area contributed by atoms with E-state index >= 15 is 0 Å². The molecule has 0 saturated heterocycles. The molecule has 1 N–H and O–H groups in total. The van der Waals surface area contributed by atoms with Crippen LogP contribution in [0.4, 0.5) is 0 Å². The molecule has 0 bridgehead atoms. The fourth-order valence-electron chi connectivity index (χ4n) is 3.21. The van der Waals surface area contributed by atoms with E-state index in [4.69, 9.17) is 9.84 Å². The lowest BCUT2D eigenvalue weighted by molar-refractivity contribution is -0.137. The van der Waals surface area contributed by atoms with Gasteiger partial charge in [0.25, 0.3) is 0 Å². The van der Waals surface area contributed by atoms with E-state index in [0.29, 0.717) is 6.54 Å². The molecular formula is C18H27NO3. The predicted octanol–water partition coefficient (Wildman–Crippen LogP) is 3.55. The van der Waals surface area contributed by atoms with Gasteiger partial charge in [0.15, 0.2) is 0 Å². The fraction of sp³-hybridized carbons (Fsp3) is 0.611. The molecule has 0 heterocycles. The van der Waals surface area contributed by atoms with Gasteiger partial charge >= 0.3 is 5.97 Å². The SMILES string of the molecule is COc1ccc(CN(CCC(=O)O)CC2CCCCC2)cc1. The molecular weight excluding hydrogens is 278 g/mol.